The molecule has 1 saturated heterocycles. The molecule has 2 heterocycles. The van der Waals surface area contributed by atoms with Gasteiger partial charge in [0.1, 0.15) is 0 Å². The average Bonchev–Trinajstić information content (AvgIpc) is 2.90. The Hall–Kier alpha value is -0.910. The molecule has 88 valence electrons. The molecule has 2 atom stereocenters. The van der Waals surface area contributed by atoms with Crippen molar-refractivity contribution in [2.75, 3.05) is 6.61 Å². The average molecular weight is 241 g/mol. The molecule has 1 aromatic heterocycles. The molecule has 0 saturated carbocycles. The van der Waals surface area contributed by atoms with Crippen molar-refractivity contribution in [1.29, 1.82) is 0 Å². The van der Waals surface area contributed by atoms with Crippen molar-refractivity contribution in [1.82, 2.24) is 4.90 Å². The van der Waals surface area contributed by atoms with Crippen LogP contribution in [-0.2, 0) is 11.3 Å². The lowest BCUT2D eigenvalue weighted by Crippen LogP contribution is -2.42. The molecule has 1 fully saturated rings. The lowest BCUT2D eigenvalue weighted by atomic mass is 10.1. The van der Waals surface area contributed by atoms with Crippen LogP contribution in [0.2, 0.25) is 0 Å². The van der Waals surface area contributed by atoms with E-state index in [0.29, 0.717) is 19.4 Å². The first kappa shape index (κ1) is 11.6. The minimum absolute atomic E-state index is 0.0610. The van der Waals surface area contributed by atoms with Crippen LogP contribution in [0.4, 0.5) is 0 Å². The van der Waals surface area contributed by atoms with E-state index < -0.39 is 6.10 Å². The van der Waals surface area contributed by atoms with Gasteiger partial charge in [-0.05, 0) is 17.9 Å². The number of aliphatic hydroxyl groups is 2. The van der Waals surface area contributed by atoms with Gasteiger partial charge in [0.15, 0.2) is 0 Å². The van der Waals surface area contributed by atoms with Gasteiger partial charge in [-0.25, -0.2) is 0 Å². The molecule has 5 heteroatoms. The minimum Gasteiger partial charge on any atom is -0.394 e. The zero-order chi connectivity index (χ0) is 11.5. The third-order valence-electron chi connectivity index (χ3n) is 2.91. The molecular formula is C11H15NO3S. The fraction of sp³-hybridized carbons (Fsp3) is 0.545. The van der Waals surface area contributed by atoms with Crippen LogP contribution in [-0.4, -0.2) is 39.8 Å². The van der Waals surface area contributed by atoms with Gasteiger partial charge in [0, 0.05) is 11.3 Å². The highest BCUT2D eigenvalue weighted by Gasteiger charge is 2.35. The topological polar surface area (TPSA) is 60.8 Å². The summed E-state index contributed by atoms with van der Waals surface area (Å²) in [6, 6.07) is 3.68. The number of nitrogens with zero attached hydrogens (tertiary/aromatic N) is 1. The van der Waals surface area contributed by atoms with Crippen LogP contribution in [0.3, 0.4) is 0 Å². The summed E-state index contributed by atoms with van der Waals surface area (Å²) in [4.78, 5) is 14.4. The maximum atomic E-state index is 11.7. The highest BCUT2D eigenvalue weighted by Crippen LogP contribution is 2.25. The van der Waals surface area contributed by atoms with Crippen molar-refractivity contribution in [2.24, 2.45) is 0 Å². The Morgan fingerprint density at radius 1 is 1.62 bits per heavy atom. The summed E-state index contributed by atoms with van der Waals surface area (Å²) in [5, 5.41) is 20.5. The molecule has 0 aromatic carbocycles. The molecule has 2 N–H and O–H groups in total. The number of amides is 1. The number of likely N-dealkylation sites (tertiary alicyclic amines) is 1. The molecule has 0 spiro atoms. The third-order valence-corrected chi connectivity index (χ3v) is 3.77. The van der Waals surface area contributed by atoms with Gasteiger partial charge < -0.3 is 15.1 Å². The Bertz CT molecular complexity index is 352. The third kappa shape index (κ3) is 2.26. The molecule has 2 unspecified atom stereocenters. The van der Waals surface area contributed by atoms with Crippen LogP contribution in [0, 0.1) is 0 Å². The molecule has 1 aliphatic rings. The van der Waals surface area contributed by atoms with E-state index in [4.69, 9.17) is 5.11 Å². The second-order valence-corrected chi connectivity index (χ2v) is 4.99. The molecule has 0 radical (unpaired) electrons. The molecule has 4 nitrogen and oxygen atoms in total. The second kappa shape index (κ2) is 4.95. The molecular weight excluding hydrogens is 226 g/mol. The van der Waals surface area contributed by atoms with Crippen molar-refractivity contribution in [2.45, 2.75) is 31.5 Å². The monoisotopic (exact) mass is 241 g/mol. The maximum Gasteiger partial charge on any atom is 0.223 e. The number of rotatable bonds is 4. The maximum absolute atomic E-state index is 11.7. The summed E-state index contributed by atoms with van der Waals surface area (Å²) in [5.74, 6) is 0.0610. The van der Waals surface area contributed by atoms with Crippen molar-refractivity contribution < 1.29 is 15.0 Å². The summed E-state index contributed by atoms with van der Waals surface area (Å²) < 4.78 is 0. The van der Waals surface area contributed by atoms with E-state index >= 15 is 0 Å². The lowest BCUT2D eigenvalue weighted by Gasteiger charge is -2.27. The highest BCUT2D eigenvalue weighted by atomic mass is 32.1. The quantitative estimate of drug-likeness (QED) is 0.811. The summed E-state index contributed by atoms with van der Waals surface area (Å²) in [6.07, 6.45) is 0.269. The highest BCUT2D eigenvalue weighted by molar-refractivity contribution is 7.09. The Morgan fingerprint density at radius 2 is 2.44 bits per heavy atom. The van der Waals surface area contributed by atoms with Gasteiger partial charge in [0.25, 0.3) is 0 Å². The molecule has 2 rings (SSSR count). The van der Waals surface area contributed by atoms with Crippen molar-refractivity contribution >= 4 is 17.2 Å². The fourth-order valence-corrected chi connectivity index (χ4v) is 2.76. The SMILES string of the molecule is O=C1CCC(C(O)CO)N1Cc1cccs1. The van der Waals surface area contributed by atoms with E-state index in [9.17, 15) is 9.90 Å². The Balaban J connectivity index is 2.07. The molecule has 1 aromatic rings. The van der Waals surface area contributed by atoms with Gasteiger partial charge in [0.05, 0.1) is 25.3 Å². The van der Waals surface area contributed by atoms with Gasteiger partial charge in [-0.3, -0.25) is 4.79 Å². The number of hydrogen-bond donors (Lipinski definition) is 2. The molecule has 0 aliphatic carbocycles. The van der Waals surface area contributed by atoms with E-state index in [2.05, 4.69) is 0 Å². The first-order valence-electron chi connectivity index (χ1n) is 5.33. The summed E-state index contributed by atoms with van der Waals surface area (Å²) in [5.41, 5.74) is 0. The van der Waals surface area contributed by atoms with Crippen LogP contribution in [0.15, 0.2) is 17.5 Å². The van der Waals surface area contributed by atoms with Gasteiger partial charge in [-0.2, -0.15) is 0 Å². The van der Waals surface area contributed by atoms with Crippen LogP contribution in [0.5, 0.6) is 0 Å². The second-order valence-electron chi connectivity index (χ2n) is 3.96. The molecule has 1 aliphatic heterocycles. The van der Waals surface area contributed by atoms with Crippen LogP contribution in [0.25, 0.3) is 0 Å². The Morgan fingerprint density at radius 3 is 3.06 bits per heavy atom. The molecule has 16 heavy (non-hydrogen) atoms. The van der Waals surface area contributed by atoms with Crippen molar-refractivity contribution in [3.8, 4) is 0 Å². The van der Waals surface area contributed by atoms with E-state index in [1.165, 1.54) is 0 Å². The summed E-state index contributed by atoms with van der Waals surface area (Å²) in [6.45, 7) is 0.247. The molecule has 1 amide bonds. The van der Waals surface area contributed by atoms with Crippen LogP contribution >= 0.6 is 11.3 Å². The number of carbonyl (C=O) groups excluding carboxylic acids is 1. The smallest absolute Gasteiger partial charge is 0.223 e. The largest absolute Gasteiger partial charge is 0.394 e. The zero-order valence-electron chi connectivity index (χ0n) is 8.87. The number of thiophene rings is 1. The Kier molecular flexibility index (Phi) is 3.58. The number of hydrogen-bond acceptors (Lipinski definition) is 4. The van der Waals surface area contributed by atoms with E-state index in [1.807, 2.05) is 17.5 Å². The minimum atomic E-state index is -0.827. The predicted octanol–water partition coefficient (Wildman–Crippen LogP) is 0.592. The van der Waals surface area contributed by atoms with E-state index in [1.54, 1.807) is 16.2 Å². The first-order chi connectivity index (χ1) is 7.72. The van der Waals surface area contributed by atoms with E-state index in [0.717, 1.165) is 4.88 Å². The summed E-state index contributed by atoms with van der Waals surface area (Å²) >= 11 is 1.60. The van der Waals surface area contributed by atoms with Crippen LogP contribution < -0.4 is 0 Å². The van der Waals surface area contributed by atoms with Crippen molar-refractivity contribution in [3.05, 3.63) is 22.4 Å². The predicted molar refractivity (Wildman–Crippen MR) is 61.0 cm³/mol. The standard InChI is InChI=1S/C11H15NO3S/c13-7-10(14)9-3-4-11(15)12(9)6-8-2-1-5-16-8/h1-2,5,9-10,13-14H,3-4,6-7H2. The van der Waals surface area contributed by atoms with E-state index in [-0.39, 0.29) is 18.6 Å². The number of aliphatic hydroxyl groups excluding tert-OH is 2. The van der Waals surface area contributed by atoms with Gasteiger partial charge in [0.2, 0.25) is 5.91 Å². The first-order valence-corrected chi connectivity index (χ1v) is 6.21. The summed E-state index contributed by atoms with van der Waals surface area (Å²) in [7, 11) is 0. The lowest BCUT2D eigenvalue weighted by molar-refractivity contribution is -0.131. The zero-order valence-corrected chi connectivity index (χ0v) is 9.69. The normalized spacial score (nSPS) is 22.8. The van der Waals surface area contributed by atoms with Crippen LogP contribution in [0.1, 0.15) is 17.7 Å². The van der Waals surface area contributed by atoms with Gasteiger partial charge in [-0.15, -0.1) is 11.3 Å². The van der Waals surface area contributed by atoms with Gasteiger partial charge >= 0.3 is 0 Å². The Labute approximate surface area is 98.1 Å². The van der Waals surface area contributed by atoms with Crippen molar-refractivity contribution in [3.63, 3.8) is 0 Å². The van der Waals surface area contributed by atoms with Gasteiger partial charge in [-0.1, -0.05) is 6.07 Å². The fourth-order valence-electron chi connectivity index (χ4n) is 2.05. The molecule has 0 bridgehead atoms. The number of carbonyl (C=O) groups is 1.